The van der Waals surface area contributed by atoms with Gasteiger partial charge in [-0.25, -0.2) is 0 Å². The van der Waals surface area contributed by atoms with E-state index in [0.29, 0.717) is 18.7 Å². The molecule has 1 aliphatic heterocycles. The number of rotatable bonds is 2. The molecule has 18 heavy (non-hydrogen) atoms. The molecule has 2 heterocycles. The number of nitrogens with one attached hydrogen (secondary N) is 1. The maximum Gasteiger partial charge on any atom is 0.310 e. The van der Waals surface area contributed by atoms with Gasteiger partial charge in [0.2, 0.25) is 0 Å². The fourth-order valence-electron chi connectivity index (χ4n) is 2.26. The molecule has 0 aliphatic carbocycles. The first-order valence-electron chi connectivity index (χ1n) is 6.00. The number of aryl methyl sites for hydroxylation is 1. The molecular weight excluding hydrogens is 234 g/mol. The summed E-state index contributed by atoms with van der Waals surface area (Å²) in [7, 11) is 1.38. The summed E-state index contributed by atoms with van der Waals surface area (Å²) in [5.41, 5.74) is 1.32. The molecule has 1 fully saturated rings. The summed E-state index contributed by atoms with van der Waals surface area (Å²) in [6.45, 7) is 2.91. The van der Waals surface area contributed by atoms with Crippen molar-refractivity contribution in [2.75, 3.05) is 20.2 Å². The number of carbonyl (C=O) groups excluding carboxylic acids is 2. The van der Waals surface area contributed by atoms with Crippen LogP contribution >= 0.6 is 0 Å². The van der Waals surface area contributed by atoms with Crippen LogP contribution in [0.4, 0.5) is 0 Å². The van der Waals surface area contributed by atoms with Crippen LogP contribution in [-0.4, -0.2) is 47.2 Å². The molecule has 1 aromatic heterocycles. The number of hydrogen-bond acceptors (Lipinski definition) is 4. The van der Waals surface area contributed by atoms with Gasteiger partial charge in [0.15, 0.2) is 0 Å². The van der Waals surface area contributed by atoms with Crippen LogP contribution < -0.4 is 0 Å². The van der Waals surface area contributed by atoms with Gasteiger partial charge >= 0.3 is 5.97 Å². The van der Waals surface area contributed by atoms with E-state index in [2.05, 4.69) is 10.2 Å². The lowest BCUT2D eigenvalue weighted by atomic mass is 9.97. The number of aromatic amines is 1. The standard InChI is InChI=1S/C12H17N3O3/c1-8-10(6-13-14-8)11(16)15-5-3-4-9(7-15)12(17)18-2/h6,9H,3-5,7H2,1-2H3,(H,13,14). The highest BCUT2D eigenvalue weighted by atomic mass is 16.5. The highest BCUT2D eigenvalue weighted by Gasteiger charge is 2.30. The summed E-state index contributed by atoms with van der Waals surface area (Å²) in [5, 5.41) is 6.59. The zero-order chi connectivity index (χ0) is 13.1. The first kappa shape index (κ1) is 12.6. The molecule has 0 saturated carbocycles. The number of amides is 1. The highest BCUT2D eigenvalue weighted by Crippen LogP contribution is 2.20. The Morgan fingerprint density at radius 3 is 2.94 bits per heavy atom. The van der Waals surface area contributed by atoms with E-state index in [4.69, 9.17) is 4.74 Å². The summed E-state index contributed by atoms with van der Waals surface area (Å²) < 4.78 is 4.74. The van der Waals surface area contributed by atoms with Crippen molar-refractivity contribution in [1.29, 1.82) is 0 Å². The Morgan fingerprint density at radius 1 is 1.56 bits per heavy atom. The van der Waals surface area contributed by atoms with E-state index in [0.717, 1.165) is 18.5 Å². The Morgan fingerprint density at radius 2 is 2.33 bits per heavy atom. The van der Waals surface area contributed by atoms with E-state index < -0.39 is 0 Å². The second kappa shape index (κ2) is 5.20. The van der Waals surface area contributed by atoms with E-state index in [-0.39, 0.29) is 17.8 Å². The van der Waals surface area contributed by atoms with Crippen molar-refractivity contribution >= 4 is 11.9 Å². The van der Waals surface area contributed by atoms with Crippen LogP contribution in [0, 0.1) is 12.8 Å². The molecule has 1 unspecified atom stereocenters. The lowest BCUT2D eigenvalue weighted by Gasteiger charge is -2.31. The Labute approximate surface area is 105 Å². The molecular formula is C12H17N3O3. The van der Waals surface area contributed by atoms with Crippen LogP contribution in [0.5, 0.6) is 0 Å². The molecule has 1 N–H and O–H groups in total. The minimum absolute atomic E-state index is 0.0742. The van der Waals surface area contributed by atoms with Crippen molar-refractivity contribution in [1.82, 2.24) is 15.1 Å². The average molecular weight is 251 g/mol. The van der Waals surface area contributed by atoms with E-state index in [1.54, 1.807) is 4.90 Å². The summed E-state index contributed by atoms with van der Waals surface area (Å²) in [4.78, 5) is 25.5. The molecule has 1 aliphatic rings. The third kappa shape index (κ3) is 2.37. The van der Waals surface area contributed by atoms with Gasteiger partial charge in [-0.15, -0.1) is 0 Å². The van der Waals surface area contributed by atoms with Crippen molar-refractivity contribution < 1.29 is 14.3 Å². The highest BCUT2D eigenvalue weighted by molar-refractivity contribution is 5.95. The number of esters is 1. The van der Waals surface area contributed by atoms with E-state index >= 15 is 0 Å². The second-order valence-electron chi connectivity index (χ2n) is 4.52. The topological polar surface area (TPSA) is 75.3 Å². The van der Waals surface area contributed by atoms with Gasteiger partial charge in [-0.05, 0) is 19.8 Å². The number of nitrogens with zero attached hydrogens (tertiary/aromatic N) is 2. The van der Waals surface area contributed by atoms with Gasteiger partial charge in [0.1, 0.15) is 0 Å². The summed E-state index contributed by atoms with van der Waals surface area (Å²) >= 11 is 0. The molecule has 6 nitrogen and oxygen atoms in total. The lowest BCUT2D eigenvalue weighted by Crippen LogP contribution is -2.42. The Hall–Kier alpha value is -1.85. The van der Waals surface area contributed by atoms with Gasteiger partial charge in [0, 0.05) is 18.8 Å². The molecule has 6 heteroatoms. The molecule has 0 aromatic carbocycles. The predicted octanol–water partition coefficient (Wildman–Crippen LogP) is 0.743. The zero-order valence-electron chi connectivity index (χ0n) is 10.6. The molecule has 2 rings (SSSR count). The van der Waals surface area contributed by atoms with Gasteiger partial charge in [0.25, 0.3) is 5.91 Å². The molecule has 0 radical (unpaired) electrons. The average Bonchev–Trinajstić information content (AvgIpc) is 2.83. The third-order valence-electron chi connectivity index (χ3n) is 3.30. The van der Waals surface area contributed by atoms with Crippen LogP contribution in [0.15, 0.2) is 6.20 Å². The molecule has 1 amide bonds. The fraction of sp³-hybridized carbons (Fsp3) is 0.583. The van der Waals surface area contributed by atoms with Crippen LogP contribution in [0.2, 0.25) is 0 Å². The summed E-state index contributed by atoms with van der Waals surface area (Å²) in [6.07, 6.45) is 3.13. The molecule has 1 atom stereocenters. The van der Waals surface area contributed by atoms with Gasteiger partial charge in [0.05, 0.1) is 24.8 Å². The maximum atomic E-state index is 12.3. The van der Waals surface area contributed by atoms with Gasteiger partial charge in [-0.3, -0.25) is 14.7 Å². The Bertz CT molecular complexity index is 455. The lowest BCUT2D eigenvalue weighted by molar-refractivity contribution is -0.146. The van der Waals surface area contributed by atoms with Crippen molar-refractivity contribution in [2.24, 2.45) is 5.92 Å². The van der Waals surface area contributed by atoms with Crippen LogP contribution in [0.1, 0.15) is 28.9 Å². The van der Waals surface area contributed by atoms with E-state index in [9.17, 15) is 9.59 Å². The van der Waals surface area contributed by atoms with E-state index in [1.807, 2.05) is 6.92 Å². The minimum Gasteiger partial charge on any atom is -0.469 e. The molecule has 0 spiro atoms. The first-order chi connectivity index (χ1) is 8.63. The third-order valence-corrected chi connectivity index (χ3v) is 3.30. The summed E-state index contributed by atoms with van der Waals surface area (Å²) in [5.74, 6) is -0.522. The normalized spacial score (nSPS) is 19.7. The maximum absolute atomic E-state index is 12.3. The Balaban J connectivity index is 2.07. The smallest absolute Gasteiger partial charge is 0.310 e. The minimum atomic E-state index is -0.239. The number of H-pyrrole nitrogens is 1. The number of aromatic nitrogens is 2. The number of methoxy groups -OCH3 is 1. The Kier molecular flexibility index (Phi) is 3.64. The van der Waals surface area contributed by atoms with Crippen LogP contribution in [-0.2, 0) is 9.53 Å². The monoisotopic (exact) mass is 251 g/mol. The molecule has 0 bridgehead atoms. The van der Waals surface area contributed by atoms with Gasteiger partial charge in [-0.2, -0.15) is 5.10 Å². The fourth-order valence-corrected chi connectivity index (χ4v) is 2.26. The first-order valence-corrected chi connectivity index (χ1v) is 6.00. The number of piperidine rings is 1. The van der Waals surface area contributed by atoms with Crippen LogP contribution in [0.25, 0.3) is 0 Å². The van der Waals surface area contributed by atoms with Crippen molar-refractivity contribution in [3.63, 3.8) is 0 Å². The van der Waals surface area contributed by atoms with Crippen molar-refractivity contribution in [3.8, 4) is 0 Å². The second-order valence-corrected chi connectivity index (χ2v) is 4.52. The van der Waals surface area contributed by atoms with Crippen LogP contribution in [0.3, 0.4) is 0 Å². The number of carbonyl (C=O) groups is 2. The van der Waals surface area contributed by atoms with Gasteiger partial charge in [-0.1, -0.05) is 0 Å². The molecule has 1 saturated heterocycles. The van der Waals surface area contributed by atoms with Gasteiger partial charge < -0.3 is 9.64 Å². The summed E-state index contributed by atoms with van der Waals surface area (Å²) in [6, 6.07) is 0. The largest absolute Gasteiger partial charge is 0.469 e. The molecule has 1 aromatic rings. The quantitative estimate of drug-likeness (QED) is 0.787. The number of likely N-dealkylation sites (tertiary alicyclic amines) is 1. The SMILES string of the molecule is COC(=O)C1CCCN(C(=O)c2cn[nH]c2C)C1. The van der Waals surface area contributed by atoms with E-state index in [1.165, 1.54) is 13.3 Å². The number of hydrogen-bond donors (Lipinski definition) is 1. The molecule has 98 valence electrons. The number of ether oxygens (including phenoxy) is 1. The zero-order valence-corrected chi connectivity index (χ0v) is 10.6. The van der Waals surface area contributed by atoms with Crippen molar-refractivity contribution in [2.45, 2.75) is 19.8 Å². The predicted molar refractivity (Wildman–Crippen MR) is 64.0 cm³/mol. The van der Waals surface area contributed by atoms with Crippen molar-refractivity contribution in [3.05, 3.63) is 17.5 Å².